The smallest absolute Gasteiger partial charge is 0.162 e. The molecular formula is C59H104N22. The number of tetrazole rings is 1. The maximum atomic E-state index is 4.10. The summed E-state index contributed by atoms with van der Waals surface area (Å²) in [7, 11) is 0. The SMILES string of the molecule is CC(C)(C)n1cccc1.CC(C)(C)n1cccn1.CC(C)(C)n1cccn1.CC(C)(C)n1ccnc1.CC(C)(C)n1ccnc1.CC(C)(C)n1ccnn1.CC(C)(C)n1ccnn1.CC(C)(C)n1nccn1.CC(C)(C)n1ncnn1. The Morgan fingerprint density at radius 2 is 0.593 bits per heavy atom. The zero-order valence-corrected chi connectivity index (χ0v) is 54.6. The largest absolute Gasteiger partial charge is 0.349 e. The molecule has 0 unspecified atom stereocenters. The highest BCUT2D eigenvalue weighted by molar-refractivity contribution is 4.95. The van der Waals surface area contributed by atoms with Gasteiger partial charge in [0, 0.05) is 91.0 Å². The van der Waals surface area contributed by atoms with E-state index >= 15 is 0 Å². The van der Waals surface area contributed by atoms with E-state index < -0.39 is 0 Å². The van der Waals surface area contributed by atoms with Gasteiger partial charge >= 0.3 is 0 Å². The molecule has 0 bridgehead atoms. The van der Waals surface area contributed by atoms with Crippen LogP contribution >= 0.6 is 0 Å². The second kappa shape index (κ2) is 31.0. The molecule has 22 heteroatoms. The Kier molecular flexibility index (Phi) is 27.4. The van der Waals surface area contributed by atoms with Crippen LogP contribution in [-0.2, 0) is 49.9 Å². The Bertz CT molecular complexity index is 2160. The van der Waals surface area contributed by atoms with Crippen molar-refractivity contribution < 1.29 is 0 Å². The summed E-state index contributed by atoms with van der Waals surface area (Å²) in [6.07, 6.45) is 34.8. The molecular weight excluding hydrogens is 1020 g/mol. The molecule has 0 spiro atoms. The Morgan fingerprint density at radius 1 is 0.235 bits per heavy atom. The van der Waals surface area contributed by atoms with Crippen LogP contribution in [0.4, 0.5) is 0 Å². The molecule has 9 heterocycles. The van der Waals surface area contributed by atoms with Crippen LogP contribution in [0.2, 0.25) is 0 Å². The van der Waals surface area contributed by atoms with Crippen molar-refractivity contribution in [2.75, 3.05) is 0 Å². The van der Waals surface area contributed by atoms with Gasteiger partial charge in [-0.1, -0.05) is 10.4 Å². The van der Waals surface area contributed by atoms with Gasteiger partial charge in [0.15, 0.2) is 6.33 Å². The fourth-order valence-corrected chi connectivity index (χ4v) is 5.59. The second-order valence-electron chi connectivity index (χ2n) is 27.7. The zero-order valence-electron chi connectivity index (χ0n) is 54.6. The fraction of sp³-hybridized carbons (Fsp3) is 0.610. The van der Waals surface area contributed by atoms with Crippen molar-refractivity contribution in [2.45, 2.75) is 237 Å². The first-order valence-corrected chi connectivity index (χ1v) is 27.4. The van der Waals surface area contributed by atoms with E-state index in [4.69, 9.17) is 0 Å². The number of imidazole rings is 2. The second-order valence-corrected chi connectivity index (χ2v) is 27.7. The fourth-order valence-electron chi connectivity index (χ4n) is 5.59. The molecule has 0 aliphatic carbocycles. The maximum absolute atomic E-state index is 4.10. The van der Waals surface area contributed by atoms with Crippen LogP contribution in [0.1, 0.15) is 187 Å². The average Bonchev–Trinajstić information content (AvgIpc) is 4.21. The molecule has 22 nitrogen and oxygen atoms in total. The van der Waals surface area contributed by atoms with Gasteiger partial charge in [-0.3, -0.25) is 9.36 Å². The van der Waals surface area contributed by atoms with Crippen molar-refractivity contribution in [1.82, 2.24) is 108 Å². The molecule has 9 aromatic rings. The van der Waals surface area contributed by atoms with Gasteiger partial charge in [0.05, 0.1) is 70.7 Å². The van der Waals surface area contributed by atoms with Gasteiger partial charge in [0.2, 0.25) is 0 Å². The standard InChI is InChI=1S/C8H13N.4C7H12N2.3C6H11N3.C5H10N4/c1-8(2,3)9-6-4-5-7-9;2*1-7(2,3)9-5-4-8-6-9;2*1-7(2,3)9-6-4-5-8-9;2*1-6(2,3)9-5-4-7-8-9;1-6(2,3)9-7-4-5-8-9;1-5(2,3)9-7-4-6-8-9/h4-7H,1-3H3;4*4-6H,1-3H3;3*4-5H,1-3H3;4H,1-3H3. The van der Waals surface area contributed by atoms with E-state index in [9.17, 15) is 0 Å². The number of hydrogen-bond donors (Lipinski definition) is 0. The predicted octanol–water partition coefficient (Wildman–Crippen LogP) is 12.3. The highest BCUT2D eigenvalue weighted by atomic mass is 15.6. The highest BCUT2D eigenvalue weighted by Gasteiger charge is 2.17. The number of aromatic nitrogens is 22. The minimum Gasteiger partial charge on any atom is -0.349 e. The average molecular weight is 1120 g/mol. The summed E-state index contributed by atoms with van der Waals surface area (Å²) in [6, 6.07) is 7.97. The Balaban J connectivity index is 0.000000456. The van der Waals surface area contributed by atoms with Crippen LogP contribution in [0.3, 0.4) is 0 Å². The van der Waals surface area contributed by atoms with Crippen molar-refractivity contribution in [3.8, 4) is 0 Å². The van der Waals surface area contributed by atoms with Crippen molar-refractivity contribution in [3.63, 3.8) is 0 Å². The molecule has 0 aliphatic heterocycles. The van der Waals surface area contributed by atoms with E-state index in [1.807, 2.05) is 114 Å². The summed E-state index contributed by atoms with van der Waals surface area (Å²) < 4.78 is 13.9. The third-order valence-electron chi connectivity index (χ3n) is 10.5. The van der Waals surface area contributed by atoms with Crippen LogP contribution in [-0.4, -0.2) is 108 Å². The Morgan fingerprint density at radius 3 is 0.741 bits per heavy atom. The van der Waals surface area contributed by atoms with E-state index in [1.165, 1.54) is 6.33 Å². The van der Waals surface area contributed by atoms with Crippen LogP contribution in [0.15, 0.2) is 142 Å². The topological polar surface area (TPSA) is 212 Å². The molecule has 0 saturated carbocycles. The number of hydrogen-bond acceptors (Lipinski definition) is 13. The molecule has 81 heavy (non-hydrogen) atoms. The van der Waals surface area contributed by atoms with Gasteiger partial charge in [0.1, 0.15) is 0 Å². The first kappa shape index (κ1) is 71.6. The van der Waals surface area contributed by atoms with Gasteiger partial charge in [-0.2, -0.15) is 30.0 Å². The van der Waals surface area contributed by atoms with Gasteiger partial charge in [-0.25, -0.2) is 19.3 Å². The van der Waals surface area contributed by atoms with Gasteiger partial charge < -0.3 is 13.7 Å². The summed E-state index contributed by atoms with van der Waals surface area (Å²) >= 11 is 0. The van der Waals surface area contributed by atoms with Crippen LogP contribution < -0.4 is 0 Å². The molecule has 0 saturated heterocycles. The van der Waals surface area contributed by atoms with Crippen LogP contribution in [0, 0.1) is 0 Å². The molecule has 0 radical (unpaired) electrons. The number of nitrogens with zero attached hydrogens (tertiary/aromatic N) is 22. The molecule has 0 aromatic carbocycles. The Labute approximate surface area is 485 Å². The Hall–Kier alpha value is -7.39. The van der Waals surface area contributed by atoms with Crippen molar-refractivity contribution in [3.05, 3.63) is 142 Å². The minimum atomic E-state index is -0.0451. The van der Waals surface area contributed by atoms with Crippen molar-refractivity contribution in [1.29, 1.82) is 0 Å². The minimum absolute atomic E-state index is 0.0174. The zero-order chi connectivity index (χ0) is 62.2. The monoisotopic (exact) mass is 1120 g/mol. The lowest BCUT2D eigenvalue weighted by molar-refractivity contribution is 0.306. The van der Waals surface area contributed by atoms with Crippen LogP contribution in [0.25, 0.3) is 0 Å². The molecule has 0 aliphatic rings. The third-order valence-corrected chi connectivity index (χ3v) is 10.5. The van der Waals surface area contributed by atoms with Crippen molar-refractivity contribution >= 4 is 0 Å². The molecule has 0 N–H and O–H groups in total. The molecule has 0 amide bonds. The molecule has 0 fully saturated rings. The normalized spacial score (nSPS) is 11.9. The molecule has 450 valence electrons. The lowest BCUT2D eigenvalue weighted by atomic mass is 10.1. The lowest BCUT2D eigenvalue weighted by Crippen LogP contribution is -2.24. The first-order valence-electron chi connectivity index (χ1n) is 27.4. The van der Waals surface area contributed by atoms with Crippen molar-refractivity contribution in [2.24, 2.45) is 0 Å². The third kappa shape index (κ3) is 30.1. The van der Waals surface area contributed by atoms with E-state index in [0.29, 0.717) is 0 Å². The highest BCUT2D eigenvalue weighted by Crippen LogP contribution is 2.15. The number of rotatable bonds is 0. The molecule has 9 aromatic heterocycles. The summed E-state index contributed by atoms with van der Waals surface area (Å²) in [5, 5.41) is 42.5. The summed E-state index contributed by atoms with van der Waals surface area (Å²) in [5.41, 5.74) is 0.955. The first-order chi connectivity index (χ1) is 36.9. The lowest BCUT2D eigenvalue weighted by Gasteiger charge is -2.20. The summed E-state index contributed by atoms with van der Waals surface area (Å²) in [6.45, 7) is 57.0. The van der Waals surface area contributed by atoms with E-state index in [0.717, 1.165) is 0 Å². The molecule has 0 atom stereocenters. The molecule has 9 rings (SSSR count). The summed E-state index contributed by atoms with van der Waals surface area (Å²) in [4.78, 5) is 11.2. The van der Waals surface area contributed by atoms with E-state index in [2.05, 4.69) is 259 Å². The van der Waals surface area contributed by atoms with Gasteiger partial charge in [-0.15, -0.1) is 20.4 Å². The van der Waals surface area contributed by atoms with E-state index in [-0.39, 0.29) is 49.9 Å². The van der Waals surface area contributed by atoms with Gasteiger partial charge in [-0.05, 0) is 216 Å². The summed E-state index contributed by atoms with van der Waals surface area (Å²) in [5.74, 6) is 0. The predicted molar refractivity (Wildman–Crippen MR) is 326 cm³/mol. The maximum Gasteiger partial charge on any atom is 0.162 e. The van der Waals surface area contributed by atoms with E-state index in [1.54, 1.807) is 59.2 Å². The quantitative estimate of drug-likeness (QED) is 0.138. The van der Waals surface area contributed by atoms with Crippen LogP contribution in [0.5, 0.6) is 0 Å². The van der Waals surface area contributed by atoms with Gasteiger partial charge in [0.25, 0.3) is 0 Å².